The highest BCUT2D eigenvalue weighted by molar-refractivity contribution is 7.77. The Balaban J connectivity index is 0.000000744. The van der Waals surface area contributed by atoms with Crippen LogP contribution >= 0.6 is 12.8 Å². The number of rotatable bonds is 4. The predicted octanol–water partition coefficient (Wildman–Crippen LogP) is 6.61. The number of amides is 2. The molecular weight excluding hydrogens is 595 g/mol. The van der Waals surface area contributed by atoms with E-state index >= 15 is 0 Å². The first-order valence-corrected chi connectivity index (χ1v) is 17.4. The van der Waals surface area contributed by atoms with E-state index in [1.807, 2.05) is 46.1 Å². The molecular formula is C37H55N5O3S. The number of nitrogens with two attached hydrogens (primary N) is 1. The van der Waals surface area contributed by atoms with Gasteiger partial charge in [0.2, 0.25) is 11.8 Å². The molecule has 3 atom stereocenters. The maximum Gasteiger partial charge on any atom is 0.248 e. The fraction of sp³-hybridized carbons (Fsp3) is 0.568. The van der Waals surface area contributed by atoms with Crippen LogP contribution in [-0.2, 0) is 17.8 Å². The van der Waals surface area contributed by atoms with Crippen LogP contribution in [0.1, 0.15) is 87.2 Å². The minimum atomic E-state index is -0.427. The van der Waals surface area contributed by atoms with Crippen LogP contribution in [0.5, 0.6) is 5.75 Å². The normalized spacial score (nSPS) is 21.7. The number of carbonyl (C=O) groups excluding carboxylic acids is 2. The summed E-state index contributed by atoms with van der Waals surface area (Å²) in [5, 5.41) is 1.18. The highest BCUT2D eigenvalue weighted by Crippen LogP contribution is 2.47. The molecule has 0 radical (unpaired) electrons. The molecule has 3 aromatic rings. The Kier molecular flexibility index (Phi) is 12.2. The van der Waals surface area contributed by atoms with E-state index in [4.69, 9.17) is 10.5 Å². The van der Waals surface area contributed by atoms with Crippen LogP contribution in [0.4, 0.5) is 0 Å². The minimum absolute atomic E-state index is 0.209. The number of piperazine rings is 1. The second-order valence-corrected chi connectivity index (χ2v) is 14.0. The van der Waals surface area contributed by atoms with Gasteiger partial charge in [0.05, 0.1) is 18.7 Å². The van der Waals surface area contributed by atoms with E-state index in [1.165, 1.54) is 41.5 Å². The lowest BCUT2D eigenvalue weighted by Gasteiger charge is -2.43. The van der Waals surface area contributed by atoms with Gasteiger partial charge in [-0.05, 0) is 102 Å². The Labute approximate surface area is 281 Å². The van der Waals surface area contributed by atoms with E-state index in [0.717, 1.165) is 42.8 Å². The lowest BCUT2D eigenvalue weighted by molar-refractivity contribution is -0.139. The van der Waals surface area contributed by atoms with Crippen molar-refractivity contribution in [1.29, 1.82) is 0 Å². The Hall–Kier alpha value is -3.01. The van der Waals surface area contributed by atoms with Crippen LogP contribution in [0.2, 0.25) is 0 Å². The molecule has 1 aromatic heterocycles. The number of likely N-dealkylation sites (N-methyl/N-ethyl adjacent to an activating group) is 1. The molecule has 3 heterocycles. The smallest absolute Gasteiger partial charge is 0.248 e. The van der Waals surface area contributed by atoms with Gasteiger partial charge in [-0.1, -0.05) is 52.0 Å². The van der Waals surface area contributed by atoms with E-state index < -0.39 is 5.91 Å². The molecule has 2 amide bonds. The maximum absolute atomic E-state index is 14.3. The number of primary amides is 1. The van der Waals surface area contributed by atoms with Gasteiger partial charge in [0.25, 0.3) is 0 Å². The fourth-order valence-electron chi connectivity index (χ4n) is 7.47. The van der Waals surface area contributed by atoms with Gasteiger partial charge in [-0.3, -0.25) is 18.8 Å². The van der Waals surface area contributed by atoms with Gasteiger partial charge in [0, 0.05) is 53.7 Å². The van der Waals surface area contributed by atoms with Gasteiger partial charge in [-0.15, -0.1) is 0 Å². The Morgan fingerprint density at radius 2 is 1.59 bits per heavy atom. The summed E-state index contributed by atoms with van der Waals surface area (Å²) in [6.45, 7) is 10.4. The van der Waals surface area contributed by atoms with Crippen molar-refractivity contribution in [3.8, 4) is 17.0 Å². The lowest BCUT2D eigenvalue weighted by atomic mass is 9.81. The summed E-state index contributed by atoms with van der Waals surface area (Å²) >= 11 is 3.80. The number of methoxy groups -OCH3 is 1. The summed E-state index contributed by atoms with van der Waals surface area (Å²) in [7, 11) is 7.57. The number of ether oxygens (including phenoxy) is 1. The minimum Gasteiger partial charge on any atom is -0.497 e. The summed E-state index contributed by atoms with van der Waals surface area (Å²) in [4.78, 5) is 31.0. The SMILES string of the molecule is CC.CN(C)S.COc1ccc2c(c1)CC(C(=O)N1C[C@@H](C)N(C)[C@@H](C)C1)Cn1c-2c(C2CCCCC2)c2ccc(C(N)=O)cc21. The molecule has 0 spiro atoms. The maximum atomic E-state index is 14.3. The second kappa shape index (κ2) is 15.7. The first kappa shape index (κ1) is 35.8. The van der Waals surface area contributed by atoms with Gasteiger partial charge >= 0.3 is 0 Å². The van der Waals surface area contributed by atoms with Crippen molar-refractivity contribution in [1.82, 2.24) is 18.7 Å². The van der Waals surface area contributed by atoms with Crippen LogP contribution in [0.3, 0.4) is 0 Å². The van der Waals surface area contributed by atoms with Crippen LogP contribution in [0.15, 0.2) is 36.4 Å². The molecule has 2 aliphatic heterocycles. The van der Waals surface area contributed by atoms with Crippen molar-refractivity contribution in [2.24, 2.45) is 11.7 Å². The first-order chi connectivity index (χ1) is 22.0. The topological polar surface area (TPSA) is 84.0 Å². The van der Waals surface area contributed by atoms with E-state index in [2.05, 4.69) is 66.3 Å². The summed E-state index contributed by atoms with van der Waals surface area (Å²) in [5.41, 5.74) is 12.2. The van der Waals surface area contributed by atoms with Gasteiger partial charge in [0.1, 0.15) is 5.75 Å². The number of fused-ring (bicyclic) bond motifs is 5. The molecule has 2 fully saturated rings. The number of nitrogens with zero attached hydrogens (tertiary/aromatic N) is 4. The van der Waals surface area contributed by atoms with Crippen LogP contribution < -0.4 is 10.5 Å². The van der Waals surface area contributed by atoms with Crippen molar-refractivity contribution < 1.29 is 14.3 Å². The quantitative estimate of drug-likeness (QED) is 0.311. The van der Waals surface area contributed by atoms with Crippen LogP contribution in [0.25, 0.3) is 22.2 Å². The average molecular weight is 650 g/mol. The molecule has 252 valence electrons. The molecule has 6 rings (SSSR count). The molecule has 9 heteroatoms. The molecule has 0 bridgehead atoms. The second-order valence-electron chi connectivity index (χ2n) is 13.2. The summed E-state index contributed by atoms with van der Waals surface area (Å²) in [6, 6.07) is 12.8. The summed E-state index contributed by atoms with van der Waals surface area (Å²) in [6.07, 6.45) is 6.72. The van der Waals surface area contributed by atoms with E-state index in [9.17, 15) is 9.59 Å². The van der Waals surface area contributed by atoms with Crippen molar-refractivity contribution >= 4 is 35.5 Å². The zero-order valence-corrected chi connectivity index (χ0v) is 30.1. The molecule has 3 aliphatic rings. The van der Waals surface area contributed by atoms with Crippen LogP contribution in [0, 0.1) is 5.92 Å². The van der Waals surface area contributed by atoms with Gasteiger partial charge in [-0.25, -0.2) is 0 Å². The monoisotopic (exact) mass is 649 g/mol. The van der Waals surface area contributed by atoms with E-state index in [1.54, 1.807) is 11.4 Å². The van der Waals surface area contributed by atoms with E-state index in [-0.39, 0.29) is 11.8 Å². The third-order valence-corrected chi connectivity index (χ3v) is 9.86. The molecule has 1 saturated carbocycles. The molecule has 46 heavy (non-hydrogen) atoms. The highest BCUT2D eigenvalue weighted by atomic mass is 32.1. The largest absolute Gasteiger partial charge is 0.497 e. The molecule has 2 N–H and O–H groups in total. The molecule has 1 saturated heterocycles. The number of thiol groups is 1. The van der Waals surface area contributed by atoms with E-state index in [0.29, 0.717) is 36.5 Å². The third-order valence-electron chi connectivity index (χ3n) is 9.86. The molecule has 1 unspecified atom stereocenters. The standard InChI is InChI=1S/C33H42N4O3.C2H7NS.C2H6/c1-20-17-36(18-21(2)35(20)3)33(39)25-14-24-15-26(40-4)11-13-27(24)31-30(22-8-6-5-7-9-22)28-12-10-23(32(34)38)16-29(28)37(31)19-25;1-3(2)4;1-2/h10-13,15-16,20-22,25H,5-9,14,17-19H2,1-4H3,(H2,34,38);4H,1-2H3;1-2H3/t20-,21+,25?;;. The zero-order valence-electron chi connectivity index (χ0n) is 29.2. The number of hydrogen-bond donors (Lipinski definition) is 2. The fourth-order valence-corrected chi connectivity index (χ4v) is 7.47. The summed E-state index contributed by atoms with van der Waals surface area (Å²) in [5.74, 6) is 0.825. The molecule has 2 aromatic carbocycles. The molecule has 1 aliphatic carbocycles. The molecule has 8 nitrogen and oxygen atoms in total. The zero-order chi connectivity index (χ0) is 33.7. The first-order valence-electron chi connectivity index (χ1n) is 17.0. The van der Waals surface area contributed by atoms with Crippen molar-refractivity contribution in [2.45, 2.75) is 90.8 Å². The average Bonchev–Trinajstić information content (AvgIpc) is 3.26. The van der Waals surface area contributed by atoms with Gasteiger partial charge in [0.15, 0.2) is 0 Å². The Morgan fingerprint density at radius 1 is 0.957 bits per heavy atom. The lowest BCUT2D eigenvalue weighted by Crippen LogP contribution is -2.57. The van der Waals surface area contributed by atoms with Gasteiger partial charge < -0.3 is 19.9 Å². The third kappa shape index (κ3) is 7.58. The predicted molar refractivity (Wildman–Crippen MR) is 193 cm³/mol. The van der Waals surface area contributed by atoms with Crippen LogP contribution in [-0.4, -0.2) is 83.9 Å². The van der Waals surface area contributed by atoms with Crippen molar-refractivity contribution in [2.75, 3.05) is 41.3 Å². The number of carbonyl (C=O) groups is 2. The van der Waals surface area contributed by atoms with Crippen molar-refractivity contribution in [3.05, 3.63) is 53.1 Å². The van der Waals surface area contributed by atoms with Crippen molar-refractivity contribution in [3.63, 3.8) is 0 Å². The highest BCUT2D eigenvalue weighted by Gasteiger charge is 2.37. The summed E-state index contributed by atoms with van der Waals surface area (Å²) < 4.78 is 9.69. The Bertz CT molecular complexity index is 1500. The number of hydrogen-bond acceptors (Lipinski definition) is 6. The van der Waals surface area contributed by atoms with Gasteiger partial charge in [-0.2, -0.15) is 0 Å². The number of benzene rings is 2. The Morgan fingerprint density at radius 3 is 2.17 bits per heavy atom. The number of aromatic nitrogens is 1.